The Balaban J connectivity index is 1.67. The molecule has 2 aromatic carbocycles. The first-order valence-electron chi connectivity index (χ1n) is 10.4. The minimum atomic E-state index is -0.984. The molecule has 2 atom stereocenters. The molecule has 0 aliphatic carbocycles. The van der Waals surface area contributed by atoms with E-state index in [1.807, 2.05) is 46.0 Å². The first-order chi connectivity index (χ1) is 16.4. The molecule has 0 amide bonds. The summed E-state index contributed by atoms with van der Waals surface area (Å²) in [6.45, 7) is 0. The molecule has 0 radical (unpaired) electrons. The van der Waals surface area contributed by atoms with Crippen molar-refractivity contribution in [3.63, 3.8) is 0 Å². The number of phenols is 1. The molecular weight excluding hydrogens is 472 g/mol. The van der Waals surface area contributed by atoms with Gasteiger partial charge >= 0.3 is 5.97 Å². The summed E-state index contributed by atoms with van der Waals surface area (Å²) in [5, 5.41) is 24.2. The molecule has 1 fully saturated rings. The second-order valence-corrected chi connectivity index (χ2v) is 8.61. The average molecular weight is 491 g/mol. The Labute approximate surface area is 205 Å². The normalized spacial score (nSPS) is 17.6. The number of pyridine rings is 1. The number of aromatic nitrogens is 2. The molecule has 3 heterocycles. The second kappa shape index (κ2) is 8.81. The van der Waals surface area contributed by atoms with Crippen molar-refractivity contribution in [3.05, 3.63) is 107 Å². The first kappa shape index (κ1) is 21.9. The maximum absolute atomic E-state index is 11.3. The molecule has 0 saturated carbocycles. The molecule has 170 valence electrons. The predicted molar refractivity (Wildman–Crippen MR) is 134 cm³/mol. The predicted octanol–water partition coefficient (Wildman–Crippen LogP) is 5.11. The fourth-order valence-corrected chi connectivity index (χ4v) is 4.74. The zero-order valence-electron chi connectivity index (χ0n) is 17.7. The Bertz CT molecular complexity index is 1370. The lowest BCUT2D eigenvalue weighted by molar-refractivity contribution is 0.0697. The van der Waals surface area contributed by atoms with E-state index in [9.17, 15) is 15.0 Å². The molecule has 3 N–H and O–H groups in total. The van der Waals surface area contributed by atoms with Gasteiger partial charge in [0.1, 0.15) is 11.8 Å². The Morgan fingerprint density at radius 2 is 1.85 bits per heavy atom. The SMILES string of the molecule is O=C(O)c1ccc(-n2cccc2[C@H]2[C@H](c3ccccn3)NC(=S)N2c2cc(Cl)ccc2O)cc1. The molecule has 4 aromatic rings. The van der Waals surface area contributed by atoms with Crippen LogP contribution in [0.4, 0.5) is 5.69 Å². The highest BCUT2D eigenvalue weighted by molar-refractivity contribution is 7.80. The highest BCUT2D eigenvalue weighted by Crippen LogP contribution is 2.45. The second-order valence-electron chi connectivity index (χ2n) is 7.78. The number of aromatic hydroxyl groups is 1. The van der Waals surface area contributed by atoms with Gasteiger partial charge in [-0.15, -0.1) is 0 Å². The quantitative estimate of drug-likeness (QED) is 0.335. The lowest BCUT2D eigenvalue weighted by atomic mass is 10.0. The molecule has 1 saturated heterocycles. The van der Waals surface area contributed by atoms with Crippen LogP contribution in [-0.2, 0) is 0 Å². The number of nitrogens with one attached hydrogen (secondary N) is 1. The zero-order chi connectivity index (χ0) is 23.8. The molecular formula is C25H19ClN4O3S. The number of hydrogen-bond donors (Lipinski definition) is 3. The molecule has 7 nitrogen and oxygen atoms in total. The van der Waals surface area contributed by atoms with Crippen LogP contribution in [0.2, 0.25) is 5.02 Å². The fraction of sp³-hybridized carbons (Fsp3) is 0.0800. The van der Waals surface area contributed by atoms with E-state index >= 15 is 0 Å². The topological polar surface area (TPSA) is 90.6 Å². The number of carboxylic acids is 1. The molecule has 9 heteroatoms. The van der Waals surface area contributed by atoms with Gasteiger partial charge in [0.15, 0.2) is 5.11 Å². The monoisotopic (exact) mass is 490 g/mol. The number of benzene rings is 2. The Hall–Kier alpha value is -3.88. The summed E-state index contributed by atoms with van der Waals surface area (Å²) in [5.41, 5.74) is 3.12. The summed E-state index contributed by atoms with van der Waals surface area (Å²) in [5.74, 6) is -0.938. The van der Waals surface area contributed by atoms with Crippen LogP contribution in [0.5, 0.6) is 5.75 Å². The van der Waals surface area contributed by atoms with Gasteiger partial charge in [0.05, 0.1) is 23.0 Å². The number of anilines is 1. The summed E-state index contributed by atoms with van der Waals surface area (Å²) in [6.07, 6.45) is 3.62. The fourth-order valence-electron chi connectivity index (χ4n) is 4.24. The molecule has 34 heavy (non-hydrogen) atoms. The summed E-state index contributed by atoms with van der Waals surface area (Å²) in [6, 6.07) is 20.3. The van der Waals surface area contributed by atoms with Gasteiger partial charge in [-0.1, -0.05) is 17.7 Å². The molecule has 1 aliphatic rings. The third-order valence-corrected chi connectivity index (χ3v) is 6.32. The summed E-state index contributed by atoms with van der Waals surface area (Å²) >= 11 is 12.0. The first-order valence-corrected chi connectivity index (χ1v) is 11.2. The van der Waals surface area contributed by atoms with E-state index in [-0.39, 0.29) is 23.4 Å². The van der Waals surface area contributed by atoms with Crippen LogP contribution in [0.3, 0.4) is 0 Å². The van der Waals surface area contributed by atoms with Crippen LogP contribution in [0.1, 0.15) is 33.8 Å². The lowest BCUT2D eigenvalue weighted by Crippen LogP contribution is -2.30. The van der Waals surface area contributed by atoms with Gasteiger partial charge < -0.3 is 25.0 Å². The van der Waals surface area contributed by atoms with E-state index in [1.54, 1.807) is 42.6 Å². The zero-order valence-corrected chi connectivity index (χ0v) is 19.2. The molecule has 2 aromatic heterocycles. The largest absolute Gasteiger partial charge is 0.506 e. The Kier molecular flexibility index (Phi) is 5.69. The highest BCUT2D eigenvalue weighted by Gasteiger charge is 2.43. The molecule has 0 unspecified atom stereocenters. The van der Waals surface area contributed by atoms with Gasteiger partial charge in [-0.2, -0.15) is 0 Å². The van der Waals surface area contributed by atoms with Gasteiger partial charge in [0.2, 0.25) is 0 Å². The minimum absolute atomic E-state index is 0.0455. The standard InChI is InChI=1S/C25H19ClN4O3S/c26-16-8-11-21(31)20(14-16)30-23(22(28-25(30)34)18-4-1-2-12-27-18)19-5-3-13-29(19)17-9-6-15(7-10-17)24(32)33/h1-14,22-23,31H,(H,28,34)(H,32,33)/t22-,23-/m0/s1. The van der Waals surface area contributed by atoms with Crippen molar-refractivity contribution >= 4 is 40.6 Å². The van der Waals surface area contributed by atoms with E-state index in [1.165, 1.54) is 6.07 Å². The summed E-state index contributed by atoms with van der Waals surface area (Å²) in [4.78, 5) is 17.7. The molecule has 0 bridgehead atoms. The van der Waals surface area contributed by atoms with E-state index < -0.39 is 5.97 Å². The number of nitrogens with zero attached hydrogens (tertiary/aromatic N) is 3. The number of hydrogen-bond acceptors (Lipinski definition) is 4. The third-order valence-electron chi connectivity index (χ3n) is 5.77. The third kappa shape index (κ3) is 3.87. The van der Waals surface area contributed by atoms with Crippen molar-refractivity contribution in [2.75, 3.05) is 4.90 Å². The maximum atomic E-state index is 11.3. The van der Waals surface area contributed by atoms with Crippen LogP contribution in [0, 0.1) is 0 Å². The Morgan fingerprint density at radius 1 is 1.06 bits per heavy atom. The minimum Gasteiger partial charge on any atom is -0.506 e. The van der Waals surface area contributed by atoms with E-state index in [4.69, 9.17) is 23.8 Å². The van der Waals surface area contributed by atoms with Crippen LogP contribution in [-0.4, -0.2) is 30.8 Å². The number of carbonyl (C=O) groups is 1. The van der Waals surface area contributed by atoms with E-state index in [2.05, 4.69) is 10.3 Å². The number of aromatic carboxylic acids is 1. The maximum Gasteiger partial charge on any atom is 0.335 e. The van der Waals surface area contributed by atoms with Crippen molar-refractivity contribution in [2.24, 2.45) is 0 Å². The van der Waals surface area contributed by atoms with Gasteiger partial charge in [0.25, 0.3) is 0 Å². The van der Waals surface area contributed by atoms with E-state index in [0.29, 0.717) is 15.8 Å². The van der Waals surface area contributed by atoms with Crippen LogP contribution in [0.15, 0.2) is 85.2 Å². The number of halogens is 1. The molecule has 5 rings (SSSR count). The van der Waals surface area contributed by atoms with Crippen LogP contribution in [0.25, 0.3) is 5.69 Å². The molecule has 1 aliphatic heterocycles. The molecule has 0 spiro atoms. The van der Waals surface area contributed by atoms with Gasteiger partial charge in [-0.05, 0) is 78.9 Å². The average Bonchev–Trinajstić information content (AvgIpc) is 3.45. The number of thiocarbonyl (C=S) groups is 1. The summed E-state index contributed by atoms with van der Waals surface area (Å²) in [7, 11) is 0. The van der Waals surface area contributed by atoms with Gasteiger partial charge in [-0.3, -0.25) is 4.98 Å². The van der Waals surface area contributed by atoms with Crippen molar-refractivity contribution in [1.82, 2.24) is 14.9 Å². The van der Waals surface area contributed by atoms with Crippen LogP contribution < -0.4 is 10.2 Å². The van der Waals surface area contributed by atoms with Gasteiger partial charge in [-0.25, -0.2) is 4.79 Å². The van der Waals surface area contributed by atoms with Gasteiger partial charge in [0, 0.05) is 28.8 Å². The number of rotatable bonds is 5. The van der Waals surface area contributed by atoms with Crippen LogP contribution >= 0.6 is 23.8 Å². The van der Waals surface area contributed by atoms with E-state index in [0.717, 1.165) is 17.1 Å². The van der Waals surface area contributed by atoms with Crippen molar-refractivity contribution in [3.8, 4) is 11.4 Å². The summed E-state index contributed by atoms with van der Waals surface area (Å²) < 4.78 is 1.97. The Morgan fingerprint density at radius 3 is 2.56 bits per heavy atom. The van der Waals surface area contributed by atoms with Crippen molar-refractivity contribution in [1.29, 1.82) is 0 Å². The number of phenolic OH excluding ortho intramolecular Hbond substituents is 1. The lowest BCUT2D eigenvalue weighted by Gasteiger charge is -2.29. The van der Waals surface area contributed by atoms with Crippen molar-refractivity contribution < 1.29 is 15.0 Å². The highest BCUT2D eigenvalue weighted by atomic mass is 35.5. The smallest absolute Gasteiger partial charge is 0.335 e. The number of carboxylic acid groups (broad SMARTS) is 1. The van der Waals surface area contributed by atoms with Crippen molar-refractivity contribution in [2.45, 2.75) is 12.1 Å².